The van der Waals surface area contributed by atoms with Gasteiger partial charge in [-0.15, -0.1) is 0 Å². The van der Waals surface area contributed by atoms with Crippen molar-refractivity contribution in [3.63, 3.8) is 0 Å². The van der Waals surface area contributed by atoms with E-state index in [-0.39, 0.29) is 28.7 Å². The fourth-order valence-corrected chi connectivity index (χ4v) is 3.74. The van der Waals surface area contributed by atoms with Gasteiger partial charge in [0.05, 0.1) is 22.8 Å². The zero-order chi connectivity index (χ0) is 19.4. The number of halogens is 2. The number of amides is 1. The number of morpholine rings is 1. The summed E-state index contributed by atoms with van der Waals surface area (Å²) in [6.07, 6.45) is 0.419. The molecule has 2 aromatic rings. The molecule has 27 heavy (non-hydrogen) atoms. The van der Waals surface area contributed by atoms with Crippen LogP contribution in [0.4, 0.5) is 4.39 Å². The molecule has 1 amide bonds. The molecule has 3 rings (SSSR count). The van der Waals surface area contributed by atoms with E-state index >= 15 is 0 Å². The Morgan fingerprint density at radius 2 is 1.85 bits per heavy atom. The standard InChI is InChI=1S/C21H24ClFN2O2/c1-14-11-25(12-15(2)27-14)13-17-6-4-3-5-16(17)10-24-21(26)19-8-7-18(23)9-20(19)22/h3-9,14-15H,10-13H2,1-2H3,(H,24,26)/t14-,15-/m0/s1. The number of nitrogens with one attached hydrogen (secondary N) is 1. The Bertz CT molecular complexity index is 805. The maximum absolute atomic E-state index is 13.2. The number of rotatable bonds is 5. The molecule has 1 heterocycles. The summed E-state index contributed by atoms with van der Waals surface area (Å²) in [4.78, 5) is 14.8. The van der Waals surface area contributed by atoms with Gasteiger partial charge in [-0.2, -0.15) is 0 Å². The van der Waals surface area contributed by atoms with Crippen LogP contribution in [0, 0.1) is 5.82 Å². The molecule has 0 radical (unpaired) electrons. The lowest BCUT2D eigenvalue weighted by atomic mass is 10.1. The third-order valence-corrected chi connectivity index (χ3v) is 4.94. The first-order chi connectivity index (χ1) is 12.9. The summed E-state index contributed by atoms with van der Waals surface area (Å²) >= 11 is 5.97. The van der Waals surface area contributed by atoms with Crippen molar-refractivity contribution in [3.8, 4) is 0 Å². The second-order valence-electron chi connectivity index (χ2n) is 7.03. The molecule has 1 fully saturated rings. The molecule has 2 atom stereocenters. The van der Waals surface area contributed by atoms with Gasteiger partial charge in [0.1, 0.15) is 5.82 Å². The Hall–Kier alpha value is -1.95. The highest BCUT2D eigenvalue weighted by Gasteiger charge is 2.22. The Balaban J connectivity index is 1.66. The fraction of sp³-hybridized carbons (Fsp3) is 0.381. The van der Waals surface area contributed by atoms with Crippen LogP contribution in [-0.4, -0.2) is 36.1 Å². The maximum atomic E-state index is 13.2. The lowest BCUT2D eigenvalue weighted by Crippen LogP contribution is -2.45. The highest BCUT2D eigenvalue weighted by atomic mass is 35.5. The van der Waals surface area contributed by atoms with Crippen LogP contribution < -0.4 is 5.32 Å². The number of hydrogen-bond donors (Lipinski definition) is 1. The molecule has 0 bridgehead atoms. The summed E-state index contributed by atoms with van der Waals surface area (Å²) in [5.41, 5.74) is 2.49. The SMILES string of the molecule is C[C@H]1CN(Cc2ccccc2CNC(=O)c2ccc(F)cc2Cl)C[C@H](C)O1. The van der Waals surface area contributed by atoms with Crippen LogP contribution in [-0.2, 0) is 17.8 Å². The molecule has 1 N–H and O–H groups in total. The number of carbonyl (C=O) groups is 1. The Labute approximate surface area is 164 Å². The number of benzene rings is 2. The molecule has 1 aliphatic rings. The molecular formula is C21H24ClFN2O2. The molecule has 1 saturated heterocycles. The van der Waals surface area contributed by atoms with Gasteiger partial charge in [-0.3, -0.25) is 9.69 Å². The molecule has 0 spiro atoms. The van der Waals surface area contributed by atoms with E-state index in [9.17, 15) is 9.18 Å². The monoisotopic (exact) mass is 390 g/mol. The van der Waals surface area contributed by atoms with Crippen molar-refractivity contribution in [3.05, 3.63) is 70.0 Å². The molecule has 0 unspecified atom stereocenters. The topological polar surface area (TPSA) is 41.6 Å². The van der Waals surface area contributed by atoms with E-state index in [0.717, 1.165) is 31.3 Å². The van der Waals surface area contributed by atoms with Crippen molar-refractivity contribution in [1.82, 2.24) is 10.2 Å². The van der Waals surface area contributed by atoms with Crippen molar-refractivity contribution < 1.29 is 13.9 Å². The minimum absolute atomic E-state index is 0.108. The van der Waals surface area contributed by atoms with Crippen LogP contribution >= 0.6 is 11.6 Å². The Kier molecular flexibility index (Phi) is 6.47. The molecule has 0 saturated carbocycles. The second kappa shape index (κ2) is 8.83. The first kappa shape index (κ1) is 19.8. The normalized spacial score (nSPS) is 20.4. The number of nitrogens with zero attached hydrogens (tertiary/aromatic N) is 1. The Morgan fingerprint density at radius 3 is 2.52 bits per heavy atom. The average Bonchev–Trinajstić information content (AvgIpc) is 2.60. The van der Waals surface area contributed by atoms with Crippen LogP contribution in [0.1, 0.15) is 35.3 Å². The van der Waals surface area contributed by atoms with Crippen molar-refractivity contribution in [2.75, 3.05) is 13.1 Å². The van der Waals surface area contributed by atoms with Crippen LogP contribution in [0.5, 0.6) is 0 Å². The average molecular weight is 391 g/mol. The number of hydrogen-bond acceptors (Lipinski definition) is 3. The van der Waals surface area contributed by atoms with E-state index in [4.69, 9.17) is 16.3 Å². The molecule has 1 aliphatic heterocycles. The Morgan fingerprint density at radius 1 is 1.19 bits per heavy atom. The summed E-state index contributed by atoms with van der Waals surface area (Å²) in [5, 5.41) is 2.99. The summed E-state index contributed by atoms with van der Waals surface area (Å²) < 4.78 is 19.0. The quantitative estimate of drug-likeness (QED) is 0.838. The first-order valence-corrected chi connectivity index (χ1v) is 9.48. The minimum Gasteiger partial charge on any atom is -0.373 e. The predicted octanol–water partition coefficient (Wildman–Crippen LogP) is 4.02. The molecule has 2 aromatic carbocycles. The largest absolute Gasteiger partial charge is 0.373 e. The second-order valence-corrected chi connectivity index (χ2v) is 7.43. The summed E-state index contributed by atoms with van der Waals surface area (Å²) in [6, 6.07) is 11.8. The molecule has 6 heteroatoms. The van der Waals surface area contributed by atoms with Gasteiger partial charge in [0.2, 0.25) is 0 Å². The molecular weight excluding hydrogens is 367 g/mol. The number of carbonyl (C=O) groups excluding carboxylic acids is 1. The minimum atomic E-state index is -0.462. The third kappa shape index (κ3) is 5.28. The molecule has 144 valence electrons. The molecule has 0 aromatic heterocycles. The van der Waals surface area contributed by atoms with Gasteiger partial charge in [0, 0.05) is 26.2 Å². The molecule has 0 aliphatic carbocycles. The lowest BCUT2D eigenvalue weighted by molar-refractivity contribution is -0.0705. The first-order valence-electron chi connectivity index (χ1n) is 9.10. The van der Waals surface area contributed by atoms with E-state index in [1.54, 1.807) is 0 Å². The van der Waals surface area contributed by atoms with Gasteiger partial charge in [0.25, 0.3) is 5.91 Å². The summed E-state index contributed by atoms with van der Waals surface area (Å²) in [7, 11) is 0. The molecule has 4 nitrogen and oxygen atoms in total. The summed E-state index contributed by atoms with van der Waals surface area (Å²) in [5.74, 6) is -0.778. The van der Waals surface area contributed by atoms with Gasteiger partial charge in [-0.1, -0.05) is 35.9 Å². The van der Waals surface area contributed by atoms with Gasteiger partial charge in [-0.25, -0.2) is 4.39 Å². The van der Waals surface area contributed by atoms with E-state index < -0.39 is 5.82 Å². The van der Waals surface area contributed by atoms with E-state index in [1.165, 1.54) is 17.7 Å². The van der Waals surface area contributed by atoms with Crippen molar-refractivity contribution in [1.29, 1.82) is 0 Å². The number of ether oxygens (including phenoxy) is 1. The highest BCUT2D eigenvalue weighted by molar-refractivity contribution is 6.33. The zero-order valence-corrected chi connectivity index (χ0v) is 16.3. The zero-order valence-electron chi connectivity index (χ0n) is 15.5. The van der Waals surface area contributed by atoms with Crippen LogP contribution in [0.3, 0.4) is 0 Å². The van der Waals surface area contributed by atoms with E-state index in [2.05, 4.69) is 30.1 Å². The third-order valence-electron chi connectivity index (χ3n) is 4.62. The summed E-state index contributed by atoms with van der Waals surface area (Å²) in [6.45, 7) is 7.13. The maximum Gasteiger partial charge on any atom is 0.253 e. The fourth-order valence-electron chi connectivity index (χ4n) is 3.48. The van der Waals surface area contributed by atoms with Crippen molar-refractivity contribution in [2.45, 2.75) is 39.1 Å². The predicted molar refractivity (Wildman–Crippen MR) is 104 cm³/mol. The van der Waals surface area contributed by atoms with E-state index in [0.29, 0.717) is 6.54 Å². The van der Waals surface area contributed by atoms with Gasteiger partial charge >= 0.3 is 0 Å². The van der Waals surface area contributed by atoms with Crippen LogP contribution in [0.2, 0.25) is 5.02 Å². The van der Waals surface area contributed by atoms with Gasteiger partial charge in [-0.05, 0) is 43.2 Å². The van der Waals surface area contributed by atoms with Crippen LogP contribution in [0.25, 0.3) is 0 Å². The smallest absolute Gasteiger partial charge is 0.253 e. The highest BCUT2D eigenvalue weighted by Crippen LogP contribution is 2.19. The van der Waals surface area contributed by atoms with Gasteiger partial charge in [0.15, 0.2) is 0 Å². The van der Waals surface area contributed by atoms with Crippen LogP contribution in [0.15, 0.2) is 42.5 Å². The lowest BCUT2D eigenvalue weighted by Gasteiger charge is -2.35. The van der Waals surface area contributed by atoms with Gasteiger partial charge < -0.3 is 10.1 Å². The van der Waals surface area contributed by atoms with E-state index in [1.807, 2.05) is 18.2 Å². The van der Waals surface area contributed by atoms with Crippen molar-refractivity contribution >= 4 is 17.5 Å². The van der Waals surface area contributed by atoms with Crippen molar-refractivity contribution in [2.24, 2.45) is 0 Å².